The van der Waals surface area contributed by atoms with E-state index in [2.05, 4.69) is 14.9 Å². The molecule has 1 aliphatic rings. The number of hydrogen-bond donors (Lipinski definition) is 1. The van der Waals surface area contributed by atoms with Crippen molar-refractivity contribution in [3.8, 4) is 16.9 Å². The number of pyridine rings is 1. The van der Waals surface area contributed by atoms with E-state index in [4.69, 9.17) is 6.57 Å². The van der Waals surface area contributed by atoms with Gasteiger partial charge in [-0.3, -0.25) is 9.89 Å². The van der Waals surface area contributed by atoms with Crippen LogP contribution in [-0.4, -0.2) is 29.4 Å². The molecule has 8 heteroatoms. The quantitative estimate of drug-likeness (QED) is 0.705. The summed E-state index contributed by atoms with van der Waals surface area (Å²) in [5.41, 5.74) is 2.44. The van der Waals surface area contributed by atoms with E-state index in [0.29, 0.717) is 23.0 Å². The summed E-state index contributed by atoms with van der Waals surface area (Å²) in [4.78, 5) is 20.7. The summed E-state index contributed by atoms with van der Waals surface area (Å²) in [6.07, 6.45) is 4.38. The van der Waals surface area contributed by atoms with E-state index in [9.17, 15) is 13.2 Å². The van der Waals surface area contributed by atoms with Crippen molar-refractivity contribution in [1.29, 1.82) is 0 Å². The highest BCUT2D eigenvalue weighted by Gasteiger charge is 2.31. The van der Waals surface area contributed by atoms with Gasteiger partial charge >= 0.3 is 0 Å². The van der Waals surface area contributed by atoms with Crippen LogP contribution in [0.2, 0.25) is 0 Å². The van der Waals surface area contributed by atoms with Crippen LogP contribution in [0.3, 0.4) is 0 Å². The molecule has 1 aliphatic carbocycles. The van der Waals surface area contributed by atoms with Gasteiger partial charge in [0.15, 0.2) is 21.3 Å². The Kier molecular flexibility index (Phi) is 3.97. The van der Waals surface area contributed by atoms with Crippen molar-refractivity contribution in [1.82, 2.24) is 14.8 Å². The Bertz CT molecular complexity index is 1210. The molecule has 0 amide bonds. The third kappa shape index (κ3) is 3.17. The largest absolute Gasteiger partial charge is 0.293 e. The number of nitrogens with one attached hydrogen (secondary N) is 1. The van der Waals surface area contributed by atoms with Crippen molar-refractivity contribution in [2.75, 3.05) is 6.26 Å². The Morgan fingerprint density at radius 3 is 2.41 bits per heavy atom. The normalized spacial score (nSPS) is 14.1. The van der Waals surface area contributed by atoms with E-state index >= 15 is 0 Å². The first-order valence-corrected chi connectivity index (χ1v) is 10.3. The summed E-state index contributed by atoms with van der Waals surface area (Å²) in [7, 11) is -3.35. The smallest absolute Gasteiger partial charge is 0.280 e. The van der Waals surface area contributed by atoms with Crippen LogP contribution < -0.4 is 5.56 Å². The maximum absolute atomic E-state index is 13.1. The van der Waals surface area contributed by atoms with Crippen LogP contribution in [0.5, 0.6) is 0 Å². The molecule has 1 fully saturated rings. The van der Waals surface area contributed by atoms with Crippen LogP contribution in [0.4, 0.5) is 5.69 Å². The van der Waals surface area contributed by atoms with Crippen molar-refractivity contribution in [2.24, 2.45) is 0 Å². The molecule has 0 atom stereocenters. The molecule has 0 radical (unpaired) electrons. The molecule has 0 bridgehead atoms. The van der Waals surface area contributed by atoms with Crippen molar-refractivity contribution < 1.29 is 8.42 Å². The third-order valence-electron chi connectivity index (χ3n) is 4.57. The van der Waals surface area contributed by atoms with E-state index < -0.39 is 9.84 Å². The molecule has 3 aromatic rings. The van der Waals surface area contributed by atoms with Crippen molar-refractivity contribution in [2.45, 2.75) is 23.7 Å². The highest BCUT2D eigenvalue weighted by Crippen LogP contribution is 2.42. The lowest BCUT2D eigenvalue weighted by Gasteiger charge is -2.02. The summed E-state index contributed by atoms with van der Waals surface area (Å²) in [6, 6.07) is 9.87. The van der Waals surface area contributed by atoms with Crippen molar-refractivity contribution >= 4 is 15.5 Å². The van der Waals surface area contributed by atoms with Crippen LogP contribution in [0, 0.1) is 6.57 Å². The summed E-state index contributed by atoms with van der Waals surface area (Å²) < 4.78 is 24.6. The van der Waals surface area contributed by atoms with Crippen molar-refractivity contribution in [3.63, 3.8) is 0 Å². The second-order valence-electron chi connectivity index (χ2n) is 6.60. The lowest BCUT2D eigenvalue weighted by Crippen LogP contribution is -2.17. The molecule has 0 unspecified atom stereocenters. The zero-order valence-corrected chi connectivity index (χ0v) is 15.3. The molecule has 2 aromatic heterocycles. The Balaban J connectivity index is 1.83. The predicted octanol–water partition coefficient (Wildman–Crippen LogP) is 3.06. The van der Waals surface area contributed by atoms with Gasteiger partial charge in [0.05, 0.1) is 17.0 Å². The molecule has 1 saturated carbocycles. The number of aromatic nitrogens is 3. The molecule has 7 nitrogen and oxygen atoms in total. The van der Waals surface area contributed by atoms with Gasteiger partial charge in [-0.15, -0.1) is 0 Å². The Hall–Kier alpha value is -3.18. The number of nitrogens with zero attached hydrogens (tertiary/aromatic N) is 3. The fourth-order valence-corrected chi connectivity index (χ4v) is 3.55. The monoisotopic (exact) mass is 380 g/mol. The van der Waals surface area contributed by atoms with Gasteiger partial charge in [0.25, 0.3) is 5.56 Å². The summed E-state index contributed by atoms with van der Waals surface area (Å²) >= 11 is 0. The number of aromatic amines is 1. The highest BCUT2D eigenvalue weighted by molar-refractivity contribution is 7.90. The van der Waals surface area contributed by atoms with E-state index in [1.165, 1.54) is 23.0 Å². The van der Waals surface area contributed by atoms with Crippen molar-refractivity contribution in [3.05, 3.63) is 70.1 Å². The molecule has 1 aromatic carbocycles. The Morgan fingerprint density at radius 1 is 1.19 bits per heavy atom. The molecule has 4 rings (SSSR count). The first kappa shape index (κ1) is 17.2. The van der Waals surface area contributed by atoms with Gasteiger partial charge < -0.3 is 0 Å². The average Bonchev–Trinajstić information content (AvgIpc) is 3.44. The number of benzene rings is 1. The SMILES string of the molecule is [C-]#[N+]c1ccc(-c2c(C3CC3)[nH]n(-c3ccc(S(C)(=O)=O)cn3)c2=O)cc1. The third-order valence-corrected chi connectivity index (χ3v) is 5.67. The summed E-state index contributed by atoms with van der Waals surface area (Å²) in [5, 5.41) is 3.15. The van der Waals surface area contributed by atoms with Gasteiger partial charge in [0.2, 0.25) is 0 Å². The first-order chi connectivity index (χ1) is 12.9. The number of sulfone groups is 1. The minimum Gasteiger partial charge on any atom is -0.293 e. The molecule has 0 saturated heterocycles. The minimum absolute atomic E-state index is 0.100. The van der Waals surface area contributed by atoms with Gasteiger partial charge in [-0.2, -0.15) is 0 Å². The molecule has 0 aliphatic heterocycles. The average molecular weight is 380 g/mol. The van der Waals surface area contributed by atoms with Crippen LogP contribution in [0.15, 0.2) is 52.3 Å². The van der Waals surface area contributed by atoms with Crippen LogP contribution in [0.25, 0.3) is 21.8 Å². The zero-order chi connectivity index (χ0) is 19.2. The van der Waals surface area contributed by atoms with Gasteiger partial charge in [0, 0.05) is 24.1 Å². The molecule has 0 spiro atoms. The fourth-order valence-electron chi connectivity index (χ4n) is 2.99. The highest BCUT2D eigenvalue weighted by atomic mass is 32.2. The molecule has 2 heterocycles. The van der Waals surface area contributed by atoms with Gasteiger partial charge in [-0.1, -0.05) is 24.3 Å². The second kappa shape index (κ2) is 6.21. The maximum atomic E-state index is 13.1. The fraction of sp³-hybridized carbons (Fsp3) is 0.211. The lowest BCUT2D eigenvalue weighted by atomic mass is 10.0. The van der Waals surface area contributed by atoms with Gasteiger partial charge in [-0.05, 0) is 30.5 Å². The van der Waals surface area contributed by atoms with E-state index in [-0.39, 0.29) is 10.5 Å². The van der Waals surface area contributed by atoms with Crippen LogP contribution in [0.1, 0.15) is 24.5 Å². The summed E-state index contributed by atoms with van der Waals surface area (Å²) in [5.74, 6) is 0.628. The molecular weight excluding hydrogens is 364 g/mol. The molecule has 1 N–H and O–H groups in total. The zero-order valence-electron chi connectivity index (χ0n) is 14.5. The van der Waals surface area contributed by atoms with E-state index in [1.807, 2.05) is 0 Å². The predicted molar refractivity (Wildman–Crippen MR) is 101 cm³/mol. The lowest BCUT2D eigenvalue weighted by molar-refractivity contribution is 0.601. The number of H-pyrrole nitrogens is 1. The van der Waals surface area contributed by atoms with E-state index in [1.54, 1.807) is 24.3 Å². The van der Waals surface area contributed by atoms with Crippen LogP contribution >= 0.6 is 0 Å². The number of rotatable bonds is 4. The Morgan fingerprint density at radius 2 is 1.89 bits per heavy atom. The van der Waals surface area contributed by atoms with E-state index in [0.717, 1.165) is 30.4 Å². The molecule has 27 heavy (non-hydrogen) atoms. The second-order valence-corrected chi connectivity index (χ2v) is 8.61. The van der Waals surface area contributed by atoms with Gasteiger partial charge in [-0.25, -0.2) is 22.9 Å². The number of hydrogen-bond acceptors (Lipinski definition) is 4. The standard InChI is InChI=1S/C19H16N4O3S/c1-20-14-7-5-12(6-8-14)17-18(13-3-4-13)22-23(19(17)24)16-10-9-15(11-21-16)27(2,25)26/h5-11,13,22H,3-4H2,2H3. The maximum Gasteiger partial charge on any atom is 0.280 e. The van der Waals surface area contributed by atoms with Crippen LogP contribution in [-0.2, 0) is 9.84 Å². The topological polar surface area (TPSA) is 89.2 Å². The molecular formula is C19H16N4O3S. The Labute approximate surface area is 156 Å². The minimum atomic E-state index is -3.35. The van der Waals surface area contributed by atoms with Gasteiger partial charge in [0.1, 0.15) is 0 Å². The summed E-state index contributed by atoms with van der Waals surface area (Å²) in [6.45, 7) is 7.06. The first-order valence-electron chi connectivity index (χ1n) is 8.38. The molecule has 136 valence electrons.